The second-order valence-electron chi connectivity index (χ2n) is 5.55. The predicted octanol–water partition coefficient (Wildman–Crippen LogP) is 5.52. The Kier molecular flexibility index (Phi) is 5.10. The molecule has 0 spiro atoms. The van der Waals surface area contributed by atoms with Crippen molar-refractivity contribution < 1.29 is 4.74 Å². The van der Waals surface area contributed by atoms with Crippen molar-refractivity contribution in [2.24, 2.45) is 0 Å². The molecular weight excluding hydrogens is 358 g/mol. The van der Waals surface area contributed by atoms with Gasteiger partial charge in [0.1, 0.15) is 17.4 Å². The van der Waals surface area contributed by atoms with Gasteiger partial charge in [0, 0.05) is 21.1 Å². The van der Waals surface area contributed by atoms with Crippen LogP contribution in [0.15, 0.2) is 28.1 Å². The molecule has 0 amide bonds. The Bertz CT molecular complexity index is 592. The molecule has 1 aromatic heterocycles. The van der Waals surface area contributed by atoms with Crippen molar-refractivity contribution in [3.63, 3.8) is 0 Å². The van der Waals surface area contributed by atoms with Gasteiger partial charge in [0.15, 0.2) is 0 Å². The van der Waals surface area contributed by atoms with Crippen LogP contribution in [0.1, 0.15) is 37.0 Å². The van der Waals surface area contributed by atoms with Gasteiger partial charge in [-0.05, 0) is 23.8 Å². The minimum atomic E-state index is 0.0815. The third-order valence-corrected chi connectivity index (χ3v) is 4.73. The summed E-state index contributed by atoms with van der Waals surface area (Å²) in [4.78, 5) is 4.61. The van der Waals surface area contributed by atoms with Crippen LogP contribution >= 0.6 is 38.9 Å². The van der Waals surface area contributed by atoms with Crippen LogP contribution in [0.4, 0.5) is 0 Å². The van der Waals surface area contributed by atoms with Crippen LogP contribution in [0.2, 0.25) is 0 Å². The molecule has 5 heteroatoms. The van der Waals surface area contributed by atoms with Crippen LogP contribution in [0.5, 0.6) is 5.75 Å². The molecule has 0 N–H and O–H groups in total. The Hall–Kier alpha value is -0.580. The number of halogens is 2. The van der Waals surface area contributed by atoms with Crippen LogP contribution in [0, 0.1) is 0 Å². The summed E-state index contributed by atoms with van der Waals surface area (Å²) in [5, 5.41) is 3.09. The lowest BCUT2D eigenvalue weighted by Crippen LogP contribution is -2.11. The number of hydrogen-bond donors (Lipinski definition) is 0. The minimum absolute atomic E-state index is 0.0815. The molecule has 2 aromatic rings. The van der Waals surface area contributed by atoms with E-state index in [1.54, 1.807) is 11.3 Å². The third kappa shape index (κ3) is 3.96. The number of alkyl halides is 1. The lowest BCUT2D eigenvalue weighted by atomic mass is 9.93. The standard InChI is InChI=1S/C15H17BrClNOS/c1-15(2,3)13-9-20-14(18-13)8-19-11-4-5-12(16)10(6-11)7-17/h4-6,9H,7-8H2,1-3H3. The van der Waals surface area contributed by atoms with Crippen molar-refractivity contribution in [3.8, 4) is 5.75 Å². The number of nitrogens with zero attached hydrogens (tertiary/aromatic N) is 1. The number of hydrogen-bond acceptors (Lipinski definition) is 3. The highest BCUT2D eigenvalue weighted by atomic mass is 79.9. The Balaban J connectivity index is 2.04. The zero-order valence-electron chi connectivity index (χ0n) is 11.7. The van der Waals surface area contributed by atoms with Crippen molar-refractivity contribution in [3.05, 3.63) is 44.3 Å². The van der Waals surface area contributed by atoms with Gasteiger partial charge in [-0.15, -0.1) is 22.9 Å². The molecule has 2 rings (SSSR count). The summed E-state index contributed by atoms with van der Waals surface area (Å²) < 4.78 is 6.79. The quantitative estimate of drug-likeness (QED) is 0.657. The first-order valence-corrected chi connectivity index (χ1v) is 8.53. The lowest BCUT2D eigenvalue weighted by molar-refractivity contribution is 0.304. The molecule has 0 aliphatic rings. The zero-order chi connectivity index (χ0) is 14.8. The van der Waals surface area contributed by atoms with E-state index in [2.05, 4.69) is 47.1 Å². The number of aromatic nitrogens is 1. The molecule has 1 aromatic carbocycles. The maximum Gasteiger partial charge on any atom is 0.140 e. The minimum Gasteiger partial charge on any atom is -0.486 e. The van der Waals surface area contributed by atoms with Crippen molar-refractivity contribution in [2.45, 2.75) is 38.7 Å². The molecule has 108 valence electrons. The second kappa shape index (κ2) is 6.46. The topological polar surface area (TPSA) is 22.1 Å². The van der Waals surface area contributed by atoms with Crippen molar-refractivity contribution in [2.75, 3.05) is 0 Å². The van der Waals surface area contributed by atoms with E-state index >= 15 is 0 Å². The summed E-state index contributed by atoms with van der Waals surface area (Å²) in [7, 11) is 0. The third-order valence-electron chi connectivity index (χ3n) is 2.84. The highest BCUT2D eigenvalue weighted by Gasteiger charge is 2.17. The van der Waals surface area contributed by atoms with E-state index in [9.17, 15) is 0 Å². The van der Waals surface area contributed by atoms with E-state index in [0.717, 1.165) is 26.5 Å². The summed E-state index contributed by atoms with van der Waals surface area (Å²) in [5.74, 6) is 1.28. The van der Waals surface area contributed by atoms with Gasteiger partial charge in [-0.2, -0.15) is 0 Å². The van der Waals surface area contributed by atoms with E-state index in [1.165, 1.54) is 0 Å². The van der Waals surface area contributed by atoms with Gasteiger partial charge in [0.05, 0.1) is 5.69 Å². The summed E-state index contributed by atoms with van der Waals surface area (Å²) in [6, 6.07) is 5.84. The fourth-order valence-electron chi connectivity index (χ4n) is 1.61. The van der Waals surface area contributed by atoms with Gasteiger partial charge in [-0.3, -0.25) is 0 Å². The lowest BCUT2D eigenvalue weighted by Gasteiger charge is -2.14. The smallest absolute Gasteiger partial charge is 0.140 e. The summed E-state index contributed by atoms with van der Waals surface area (Å²) in [6.45, 7) is 6.97. The molecule has 20 heavy (non-hydrogen) atoms. The van der Waals surface area contributed by atoms with E-state index in [1.807, 2.05) is 18.2 Å². The van der Waals surface area contributed by atoms with Crippen molar-refractivity contribution in [1.82, 2.24) is 4.98 Å². The molecule has 0 aliphatic heterocycles. The maximum absolute atomic E-state index is 5.88. The summed E-state index contributed by atoms with van der Waals surface area (Å²) >= 11 is 11.0. The van der Waals surface area contributed by atoms with Crippen molar-refractivity contribution in [1.29, 1.82) is 0 Å². The van der Waals surface area contributed by atoms with E-state index in [4.69, 9.17) is 16.3 Å². The molecule has 2 nitrogen and oxygen atoms in total. The first-order chi connectivity index (χ1) is 9.40. The van der Waals surface area contributed by atoms with Gasteiger partial charge >= 0.3 is 0 Å². The molecule has 0 fully saturated rings. The maximum atomic E-state index is 5.88. The average molecular weight is 375 g/mol. The summed E-state index contributed by atoms with van der Waals surface area (Å²) in [6.07, 6.45) is 0. The molecular formula is C15H17BrClNOS. The van der Waals surface area contributed by atoms with Crippen LogP contribution in [0.25, 0.3) is 0 Å². The largest absolute Gasteiger partial charge is 0.486 e. The second-order valence-corrected chi connectivity index (χ2v) is 7.62. The fraction of sp³-hybridized carbons (Fsp3) is 0.400. The van der Waals surface area contributed by atoms with E-state index < -0.39 is 0 Å². The van der Waals surface area contributed by atoms with Crippen LogP contribution in [-0.2, 0) is 17.9 Å². The Labute approximate surface area is 137 Å². The monoisotopic (exact) mass is 373 g/mol. The number of rotatable bonds is 4. The molecule has 1 heterocycles. The van der Waals surface area contributed by atoms with E-state index in [0.29, 0.717) is 12.5 Å². The van der Waals surface area contributed by atoms with Crippen LogP contribution < -0.4 is 4.74 Å². The van der Waals surface area contributed by atoms with Gasteiger partial charge in [-0.25, -0.2) is 4.98 Å². The Morgan fingerprint density at radius 2 is 2.10 bits per heavy atom. The molecule has 0 aliphatic carbocycles. The fourth-order valence-corrected chi connectivity index (χ4v) is 3.31. The predicted molar refractivity (Wildman–Crippen MR) is 88.8 cm³/mol. The van der Waals surface area contributed by atoms with Gasteiger partial charge in [0.25, 0.3) is 0 Å². The van der Waals surface area contributed by atoms with Gasteiger partial charge in [-0.1, -0.05) is 36.7 Å². The van der Waals surface area contributed by atoms with Gasteiger partial charge in [0.2, 0.25) is 0 Å². The number of ether oxygens (including phenoxy) is 1. The zero-order valence-corrected chi connectivity index (χ0v) is 14.9. The molecule has 0 atom stereocenters. The SMILES string of the molecule is CC(C)(C)c1csc(COc2ccc(Br)c(CCl)c2)n1. The molecule has 0 saturated carbocycles. The number of thiazole rings is 1. The highest BCUT2D eigenvalue weighted by molar-refractivity contribution is 9.10. The highest BCUT2D eigenvalue weighted by Crippen LogP contribution is 2.26. The Morgan fingerprint density at radius 1 is 1.35 bits per heavy atom. The first kappa shape index (κ1) is 15.8. The molecule has 0 unspecified atom stereocenters. The Morgan fingerprint density at radius 3 is 2.70 bits per heavy atom. The van der Waals surface area contributed by atoms with E-state index in [-0.39, 0.29) is 5.41 Å². The molecule has 0 bridgehead atoms. The van der Waals surface area contributed by atoms with Crippen LogP contribution in [0.3, 0.4) is 0 Å². The van der Waals surface area contributed by atoms with Crippen molar-refractivity contribution >= 4 is 38.9 Å². The van der Waals surface area contributed by atoms with Crippen LogP contribution in [-0.4, -0.2) is 4.98 Å². The average Bonchev–Trinajstić information content (AvgIpc) is 2.86. The first-order valence-electron chi connectivity index (χ1n) is 6.32. The molecule has 0 saturated heterocycles. The normalized spacial score (nSPS) is 11.7. The summed E-state index contributed by atoms with van der Waals surface area (Å²) in [5.41, 5.74) is 2.22. The molecule has 0 radical (unpaired) electrons. The number of benzene rings is 1. The van der Waals surface area contributed by atoms with Gasteiger partial charge < -0.3 is 4.74 Å².